The second-order valence-corrected chi connectivity index (χ2v) is 2.60. The van der Waals surface area contributed by atoms with Crippen molar-refractivity contribution in [2.75, 3.05) is 14.2 Å². The molecule has 0 unspecified atom stereocenters. The van der Waals surface area contributed by atoms with E-state index in [1.54, 1.807) is 21.1 Å². The topological polar surface area (TPSA) is 21.6 Å². The maximum absolute atomic E-state index is 4.65. The predicted molar refractivity (Wildman–Crippen MR) is 79.9 cm³/mol. The van der Waals surface area contributed by atoms with Crippen molar-refractivity contribution in [2.45, 2.75) is 41.5 Å². The summed E-state index contributed by atoms with van der Waals surface area (Å²) in [5.41, 5.74) is 1.32. The molecule has 1 rings (SSSR count). The molecule has 1 aromatic rings. The normalized spacial score (nSPS) is 8.35. The van der Waals surface area contributed by atoms with E-state index < -0.39 is 0 Å². The van der Waals surface area contributed by atoms with E-state index in [4.69, 9.17) is 0 Å². The summed E-state index contributed by atoms with van der Waals surface area (Å²) >= 11 is 0. The van der Waals surface area contributed by atoms with Gasteiger partial charge in [0.1, 0.15) is 0 Å². The fourth-order valence-corrected chi connectivity index (χ4v) is 0.626. The molecule has 17 heavy (non-hydrogen) atoms. The van der Waals surface area contributed by atoms with Gasteiger partial charge in [-0.1, -0.05) is 63.6 Å². The van der Waals surface area contributed by atoms with Crippen LogP contribution in [0.15, 0.2) is 35.3 Å². The molecule has 0 atom stereocenters. The molecule has 0 amide bonds. The largest absolute Gasteiger partial charge is 0.485 e. The predicted octanol–water partition coefficient (Wildman–Crippen LogP) is 4.73. The summed E-state index contributed by atoms with van der Waals surface area (Å²) < 4.78 is 4.65. The molecular formula is C15H29NO. The van der Waals surface area contributed by atoms with E-state index in [0.717, 1.165) is 5.90 Å². The zero-order chi connectivity index (χ0) is 14.1. The molecular weight excluding hydrogens is 210 g/mol. The minimum atomic E-state index is 0.718. The van der Waals surface area contributed by atoms with Crippen LogP contribution in [0, 0.1) is 6.92 Å². The molecule has 1 aromatic carbocycles. The van der Waals surface area contributed by atoms with Crippen LogP contribution >= 0.6 is 0 Å². The van der Waals surface area contributed by atoms with Gasteiger partial charge in [0, 0.05) is 14.0 Å². The number of nitrogens with zero attached hydrogens (tertiary/aromatic N) is 1. The van der Waals surface area contributed by atoms with Crippen LogP contribution in [0.1, 0.15) is 40.2 Å². The number of rotatable bonds is 0. The molecule has 0 N–H and O–H groups in total. The van der Waals surface area contributed by atoms with Crippen molar-refractivity contribution >= 4 is 5.90 Å². The van der Waals surface area contributed by atoms with Crippen molar-refractivity contribution in [3.05, 3.63) is 35.9 Å². The number of aliphatic imine (C=N–C) groups is 1. The second kappa shape index (κ2) is 20.1. The summed E-state index contributed by atoms with van der Waals surface area (Å²) in [6, 6.07) is 10.3. The number of hydrogen-bond donors (Lipinski definition) is 0. The minimum Gasteiger partial charge on any atom is -0.485 e. The molecule has 0 aliphatic carbocycles. The molecule has 0 aliphatic heterocycles. The summed E-state index contributed by atoms with van der Waals surface area (Å²) in [4.78, 5) is 3.70. The number of aryl methyl sites for hydroxylation is 1. The fourth-order valence-electron chi connectivity index (χ4n) is 0.626. The lowest BCUT2D eigenvalue weighted by Crippen LogP contribution is -1.90. The lowest BCUT2D eigenvalue weighted by Gasteiger charge is -1.90. The molecule has 2 nitrogen and oxygen atoms in total. The first-order valence-electron chi connectivity index (χ1n) is 6.19. The van der Waals surface area contributed by atoms with E-state index in [2.05, 4.69) is 28.8 Å². The lowest BCUT2D eigenvalue weighted by atomic mass is 10.2. The molecule has 0 bridgehead atoms. The van der Waals surface area contributed by atoms with Gasteiger partial charge in [-0.25, -0.2) is 0 Å². The van der Waals surface area contributed by atoms with Crippen molar-refractivity contribution < 1.29 is 4.74 Å². The number of methoxy groups -OCH3 is 1. The summed E-state index contributed by atoms with van der Waals surface area (Å²) in [6.45, 7) is 11.9. The van der Waals surface area contributed by atoms with Gasteiger partial charge < -0.3 is 4.74 Å². The number of benzene rings is 1. The first-order chi connectivity index (χ1) is 8.20. The molecule has 0 aromatic heterocycles. The Bertz CT molecular complexity index is 242. The second-order valence-electron chi connectivity index (χ2n) is 2.60. The molecule has 0 saturated heterocycles. The SMILES string of the molecule is CC.CC.CN=C(C)OC.Cc1ccccc1. The maximum Gasteiger partial charge on any atom is 0.179 e. The third-order valence-electron chi connectivity index (χ3n) is 1.55. The molecule has 0 saturated carbocycles. The number of ether oxygens (including phenoxy) is 1. The smallest absolute Gasteiger partial charge is 0.179 e. The van der Waals surface area contributed by atoms with Crippen LogP contribution in [0.25, 0.3) is 0 Å². The average molecular weight is 239 g/mol. The monoisotopic (exact) mass is 239 g/mol. The van der Waals surface area contributed by atoms with Crippen molar-refractivity contribution in [3.63, 3.8) is 0 Å². The fraction of sp³-hybridized carbons (Fsp3) is 0.533. The zero-order valence-electron chi connectivity index (χ0n) is 12.7. The van der Waals surface area contributed by atoms with Gasteiger partial charge in [0.2, 0.25) is 0 Å². The van der Waals surface area contributed by atoms with Crippen LogP contribution in [0.5, 0.6) is 0 Å². The molecule has 0 aliphatic rings. The molecule has 2 heteroatoms. The van der Waals surface area contributed by atoms with Gasteiger partial charge >= 0.3 is 0 Å². The molecule has 0 radical (unpaired) electrons. The van der Waals surface area contributed by atoms with E-state index in [0.29, 0.717) is 0 Å². The summed E-state index contributed by atoms with van der Waals surface area (Å²) in [5, 5.41) is 0. The number of hydrogen-bond acceptors (Lipinski definition) is 2. The highest BCUT2D eigenvalue weighted by atomic mass is 16.5. The van der Waals surface area contributed by atoms with Crippen LogP contribution in [-0.4, -0.2) is 20.1 Å². The van der Waals surface area contributed by atoms with Crippen molar-refractivity contribution in [1.29, 1.82) is 0 Å². The van der Waals surface area contributed by atoms with E-state index in [1.165, 1.54) is 5.56 Å². The highest BCUT2D eigenvalue weighted by molar-refractivity contribution is 5.72. The van der Waals surface area contributed by atoms with E-state index in [-0.39, 0.29) is 0 Å². The highest BCUT2D eigenvalue weighted by Crippen LogP contribution is 1.92. The summed E-state index contributed by atoms with van der Waals surface area (Å²) in [5.74, 6) is 0.718. The van der Waals surface area contributed by atoms with Gasteiger partial charge in [-0.3, -0.25) is 4.99 Å². The van der Waals surface area contributed by atoms with E-state index in [1.807, 2.05) is 45.9 Å². The molecule has 100 valence electrons. The quantitative estimate of drug-likeness (QED) is 0.474. The Morgan fingerprint density at radius 3 is 1.53 bits per heavy atom. The Labute approximate surface area is 108 Å². The van der Waals surface area contributed by atoms with Crippen molar-refractivity contribution in [3.8, 4) is 0 Å². The van der Waals surface area contributed by atoms with Crippen LogP contribution in [0.4, 0.5) is 0 Å². The van der Waals surface area contributed by atoms with Gasteiger partial charge in [0.25, 0.3) is 0 Å². The van der Waals surface area contributed by atoms with E-state index >= 15 is 0 Å². The minimum absolute atomic E-state index is 0.718. The molecule has 0 fully saturated rings. The third kappa shape index (κ3) is 20.7. The molecule has 0 spiro atoms. The first kappa shape index (κ1) is 21.0. The van der Waals surface area contributed by atoms with Crippen LogP contribution in [0.3, 0.4) is 0 Å². The summed E-state index contributed by atoms with van der Waals surface area (Å²) in [6.07, 6.45) is 0. The van der Waals surface area contributed by atoms with Crippen LogP contribution < -0.4 is 0 Å². The Hall–Kier alpha value is -1.31. The van der Waals surface area contributed by atoms with Crippen LogP contribution in [-0.2, 0) is 4.74 Å². The lowest BCUT2D eigenvalue weighted by molar-refractivity contribution is 0.399. The maximum atomic E-state index is 4.65. The van der Waals surface area contributed by atoms with Gasteiger partial charge in [-0.2, -0.15) is 0 Å². The van der Waals surface area contributed by atoms with Gasteiger partial charge in [0.15, 0.2) is 5.90 Å². The molecule has 0 heterocycles. The Morgan fingerprint density at radius 2 is 1.41 bits per heavy atom. The third-order valence-corrected chi connectivity index (χ3v) is 1.55. The average Bonchev–Trinajstić information content (AvgIpc) is 2.44. The summed E-state index contributed by atoms with van der Waals surface area (Å²) in [7, 11) is 3.29. The van der Waals surface area contributed by atoms with Gasteiger partial charge in [-0.15, -0.1) is 0 Å². The first-order valence-corrected chi connectivity index (χ1v) is 6.19. The highest BCUT2D eigenvalue weighted by Gasteiger charge is 1.74. The Balaban J connectivity index is -0.000000180. The Morgan fingerprint density at radius 1 is 1.00 bits per heavy atom. The van der Waals surface area contributed by atoms with Gasteiger partial charge in [0.05, 0.1) is 7.11 Å². The standard InChI is InChI=1S/C7H8.C4H9NO.2C2H6/c1-7-5-3-2-4-6-7;1-4(5-2)6-3;2*1-2/h2-6H,1H3;1-3H3;2*1-2H3. The van der Waals surface area contributed by atoms with Crippen LogP contribution in [0.2, 0.25) is 0 Å². The van der Waals surface area contributed by atoms with E-state index in [9.17, 15) is 0 Å². The van der Waals surface area contributed by atoms with Crippen molar-refractivity contribution in [2.24, 2.45) is 4.99 Å². The van der Waals surface area contributed by atoms with Gasteiger partial charge in [-0.05, 0) is 6.92 Å². The van der Waals surface area contributed by atoms with Crippen molar-refractivity contribution in [1.82, 2.24) is 0 Å². The Kier molecular flexibility index (Phi) is 24.9. The zero-order valence-corrected chi connectivity index (χ0v) is 12.7.